The van der Waals surface area contributed by atoms with Crippen LogP contribution in [-0.4, -0.2) is 17.7 Å². The highest BCUT2D eigenvalue weighted by Gasteiger charge is 1.83. The van der Waals surface area contributed by atoms with E-state index in [0.29, 0.717) is 0 Å². The van der Waals surface area contributed by atoms with Crippen LogP contribution in [0.2, 0.25) is 0 Å². The first-order valence-electron chi connectivity index (χ1n) is 4.33. The summed E-state index contributed by atoms with van der Waals surface area (Å²) >= 11 is 0. The van der Waals surface area contributed by atoms with Crippen molar-refractivity contribution in [2.24, 2.45) is 4.99 Å². The van der Waals surface area contributed by atoms with Crippen molar-refractivity contribution in [2.45, 2.75) is 19.8 Å². The van der Waals surface area contributed by atoms with E-state index < -0.39 is 0 Å². The van der Waals surface area contributed by atoms with Crippen LogP contribution >= 0.6 is 0 Å². The van der Waals surface area contributed by atoms with E-state index in [-0.39, 0.29) is 0 Å². The van der Waals surface area contributed by atoms with Crippen LogP contribution in [0.1, 0.15) is 25.3 Å². The number of unbranched alkanes of at least 4 members (excludes halogenated alkanes) is 1. The van der Waals surface area contributed by atoms with Crippen molar-refractivity contribution in [2.75, 3.05) is 6.54 Å². The summed E-state index contributed by atoms with van der Waals surface area (Å²) in [6.45, 7) is 3.09. The SMILES string of the molecule is CCCCN=Cc1cccnc1. The molecular formula is C10H14N2. The third-order valence-corrected chi connectivity index (χ3v) is 1.57. The van der Waals surface area contributed by atoms with Gasteiger partial charge in [-0.3, -0.25) is 9.98 Å². The minimum Gasteiger partial charge on any atom is -0.293 e. The molecule has 0 radical (unpaired) electrons. The zero-order chi connectivity index (χ0) is 8.65. The molecule has 1 rings (SSSR count). The molecular weight excluding hydrogens is 148 g/mol. The van der Waals surface area contributed by atoms with Gasteiger partial charge in [-0.15, -0.1) is 0 Å². The fourth-order valence-electron chi connectivity index (χ4n) is 0.872. The first kappa shape index (κ1) is 8.91. The quantitative estimate of drug-likeness (QED) is 0.492. The average Bonchev–Trinajstić information content (AvgIpc) is 2.14. The maximum atomic E-state index is 4.27. The van der Waals surface area contributed by atoms with Crippen molar-refractivity contribution in [3.05, 3.63) is 30.1 Å². The van der Waals surface area contributed by atoms with Crippen LogP contribution in [0.15, 0.2) is 29.5 Å². The molecule has 0 spiro atoms. The lowest BCUT2D eigenvalue weighted by Crippen LogP contribution is -1.84. The summed E-state index contributed by atoms with van der Waals surface area (Å²) in [4.78, 5) is 8.26. The summed E-state index contributed by atoms with van der Waals surface area (Å²) in [7, 11) is 0. The Morgan fingerprint density at radius 2 is 2.50 bits per heavy atom. The Morgan fingerprint density at radius 1 is 1.58 bits per heavy atom. The highest BCUT2D eigenvalue weighted by atomic mass is 14.7. The summed E-state index contributed by atoms with van der Waals surface area (Å²) in [5.74, 6) is 0. The fourth-order valence-corrected chi connectivity index (χ4v) is 0.872. The second kappa shape index (κ2) is 5.47. The first-order valence-corrected chi connectivity index (χ1v) is 4.33. The van der Waals surface area contributed by atoms with E-state index in [9.17, 15) is 0 Å². The molecule has 2 heteroatoms. The number of pyridine rings is 1. The molecule has 0 amide bonds. The molecule has 2 nitrogen and oxygen atoms in total. The lowest BCUT2D eigenvalue weighted by Gasteiger charge is -1.90. The highest BCUT2D eigenvalue weighted by Crippen LogP contribution is 1.92. The van der Waals surface area contributed by atoms with Crippen LogP contribution in [0, 0.1) is 0 Å². The second-order valence-electron chi connectivity index (χ2n) is 2.68. The molecule has 0 aliphatic heterocycles. The Bertz CT molecular complexity index is 229. The van der Waals surface area contributed by atoms with Crippen molar-refractivity contribution in [1.29, 1.82) is 0 Å². The van der Waals surface area contributed by atoms with Gasteiger partial charge < -0.3 is 0 Å². The predicted molar refractivity (Wildman–Crippen MR) is 51.6 cm³/mol. The van der Waals surface area contributed by atoms with Crippen LogP contribution in [0.25, 0.3) is 0 Å². The number of aromatic nitrogens is 1. The van der Waals surface area contributed by atoms with Crippen molar-refractivity contribution in [3.8, 4) is 0 Å². The molecule has 0 aliphatic rings. The Hall–Kier alpha value is -1.18. The molecule has 0 fully saturated rings. The third-order valence-electron chi connectivity index (χ3n) is 1.57. The summed E-state index contributed by atoms with van der Waals surface area (Å²) in [6, 6.07) is 3.92. The average molecular weight is 162 g/mol. The topological polar surface area (TPSA) is 25.2 Å². The maximum absolute atomic E-state index is 4.27. The van der Waals surface area contributed by atoms with E-state index in [1.54, 1.807) is 6.20 Å². The predicted octanol–water partition coefficient (Wildman–Crippen LogP) is 2.30. The van der Waals surface area contributed by atoms with E-state index in [4.69, 9.17) is 0 Å². The smallest absolute Gasteiger partial charge is 0.0389 e. The van der Waals surface area contributed by atoms with Gasteiger partial charge in [0.1, 0.15) is 0 Å². The van der Waals surface area contributed by atoms with E-state index in [0.717, 1.165) is 18.5 Å². The number of hydrogen-bond acceptors (Lipinski definition) is 2. The minimum atomic E-state index is 0.922. The largest absolute Gasteiger partial charge is 0.293 e. The van der Waals surface area contributed by atoms with Gasteiger partial charge in [-0.2, -0.15) is 0 Å². The summed E-state index contributed by atoms with van der Waals surface area (Å²) in [5, 5.41) is 0. The Morgan fingerprint density at radius 3 is 3.17 bits per heavy atom. The molecule has 1 aromatic rings. The van der Waals surface area contributed by atoms with Crippen LogP contribution in [0.3, 0.4) is 0 Å². The lowest BCUT2D eigenvalue weighted by molar-refractivity contribution is 0.810. The summed E-state index contributed by atoms with van der Waals surface area (Å²) < 4.78 is 0. The van der Waals surface area contributed by atoms with Gasteiger partial charge in [0.25, 0.3) is 0 Å². The van der Waals surface area contributed by atoms with E-state index in [2.05, 4.69) is 16.9 Å². The van der Waals surface area contributed by atoms with Crippen LogP contribution < -0.4 is 0 Å². The van der Waals surface area contributed by atoms with Crippen LogP contribution in [-0.2, 0) is 0 Å². The Labute approximate surface area is 73.4 Å². The molecule has 0 N–H and O–H groups in total. The van der Waals surface area contributed by atoms with Gasteiger partial charge in [0.15, 0.2) is 0 Å². The van der Waals surface area contributed by atoms with Gasteiger partial charge in [0, 0.05) is 30.7 Å². The normalized spacial score (nSPS) is 10.8. The number of rotatable bonds is 4. The minimum absolute atomic E-state index is 0.922. The molecule has 0 aromatic carbocycles. The second-order valence-corrected chi connectivity index (χ2v) is 2.68. The van der Waals surface area contributed by atoms with Crippen molar-refractivity contribution in [3.63, 3.8) is 0 Å². The van der Waals surface area contributed by atoms with Gasteiger partial charge in [0.2, 0.25) is 0 Å². The fraction of sp³-hybridized carbons (Fsp3) is 0.400. The Balaban J connectivity index is 2.36. The molecule has 1 aromatic heterocycles. The van der Waals surface area contributed by atoms with Gasteiger partial charge in [-0.1, -0.05) is 19.4 Å². The molecule has 0 aliphatic carbocycles. The molecule has 0 bridgehead atoms. The zero-order valence-corrected chi connectivity index (χ0v) is 7.40. The molecule has 64 valence electrons. The number of hydrogen-bond donors (Lipinski definition) is 0. The standard InChI is InChI=1S/C10H14N2/c1-2-3-6-11-8-10-5-4-7-12-9-10/h4-5,7-9H,2-3,6H2,1H3. The maximum Gasteiger partial charge on any atom is 0.0389 e. The van der Waals surface area contributed by atoms with Crippen molar-refractivity contribution in [1.82, 2.24) is 4.98 Å². The summed E-state index contributed by atoms with van der Waals surface area (Å²) in [6.07, 6.45) is 7.82. The van der Waals surface area contributed by atoms with Gasteiger partial charge in [0.05, 0.1) is 0 Å². The van der Waals surface area contributed by atoms with E-state index in [1.165, 1.54) is 6.42 Å². The molecule has 12 heavy (non-hydrogen) atoms. The van der Waals surface area contributed by atoms with Gasteiger partial charge >= 0.3 is 0 Å². The molecule has 0 unspecified atom stereocenters. The molecule has 1 heterocycles. The Kier molecular flexibility index (Phi) is 4.06. The monoisotopic (exact) mass is 162 g/mol. The van der Waals surface area contributed by atoms with Gasteiger partial charge in [-0.25, -0.2) is 0 Å². The summed E-state index contributed by atoms with van der Waals surface area (Å²) in [5.41, 5.74) is 1.08. The molecule has 0 saturated carbocycles. The zero-order valence-electron chi connectivity index (χ0n) is 7.40. The van der Waals surface area contributed by atoms with E-state index >= 15 is 0 Å². The number of aliphatic imine (C=N–C) groups is 1. The van der Waals surface area contributed by atoms with E-state index in [1.807, 2.05) is 24.5 Å². The first-order chi connectivity index (χ1) is 5.93. The number of nitrogens with zero attached hydrogens (tertiary/aromatic N) is 2. The van der Waals surface area contributed by atoms with Crippen molar-refractivity contribution < 1.29 is 0 Å². The highest BCUT2D eigenvalue weighted by molar-refractivity contribution is 5.78. The van der Waals surface area contributed by atoms with Gasteiger partial charge in [-0.05, 0) is 12.5 Å². The van der Waals surface area contributed by atoms with Crippen LogP contribution in [0.4, 0.5) is 0 Å². The van der Waals surface area contributed by atoms with Crippen molar-refractivity contribution >= 4 is 6.21 Å². The van der Waals surface area contributed by atoms with Crippen LogP contribution in [0.5, 0.6) is 0 Å². The molecule has 0 atom stereocenters. The lowest BCUT2D eigenvalue weighted by atomic mass is 10.3. The third kappa shape index (κ3) is 3.28. The molecule has 0 saturated heterocycles.